The number of nitrogens with one attached hydrogen (secondary N) is 2. The molecular weight excluding hydrogens is 340 g/mol. The number of guanidine groups is 1. The third-order valence-corrected chi connectivity index (χ3v) is 6.67. The lowest BCUT2D eigenvalue weighted by Gasteiger charge is -2.22. The van der Waals surface area contributed by atoms with Crippen molar-refractivity contribution in [3.8, 4) is 0 Å². The van der Waals surface area contributed by atoms with E-state index in [0.29, 0.717) is 25.5 Å². The number of amides is 1. The topological polar surface area (TPSA) is 90.9 Å². The number of carbonyl (C=O) groups excluding carboxylic acids is 1. The van der Waals surface area contributed by atoms with Crippen molar-refractivity contribution < 1.29 is 13.2 Å². The molecule has 0 aliphatic carbocycles. The van der Waals surface area contributed by atoms with E-state index in [-0.39, 0.29) is 12.5 Å². The van der Waals surface area contributed by atoms with Crippen LogP contribution in [0.15, 0.2) is 4.99 Å². The molecule has 0 spiro atoms. The number of nitrogens with zero attached hydrogens (tertiary/aromatic N) is 2. The zero-order valence-electron chi connectivity index (χ0n) is 16.1. The van der Waals surface area contributed by atoms with E-state index < -0.39 is 14.6 Å². The van der Waals surface area contributed by atoms with E-state index in [0.717, 1.165) is 38.8 Å². The molecule has 1 aliphatic heterocycles. The Kier molecular flexibility index (Phi) is 8.68. The first-order valence-corrected chi connectivity index (χ1v) is 11.1. The van der Waals surface area contributed by atoms with E-state index in [4.69, 9.17) is 0 Å². The number of aliphatic imine (C=N–C) groups is 1. The van der Waals surface area contributed by atoms with Gasteiger partial charge >= 0.3 is 0 Å². The number of hydrogen-bond donors (Lipinski definition) is 2. The van der Waals surface area contributed by atoms with Gasteiger partial charge in [-0.2, -0.15) is 0 Å². The summed E-state index contributed by atoms with van der Waals surface area (Å²) in [5.74, 6) is 0.870. The Morgan fingerprint density at radius 3 is 2.60 bits per heavy atom. The van der Waals surface area contributed by atoms with Crippen molar-refractivity contribution in [2.75, 3.05) is 39.0 Å². The van der Waals surface area contributed by atoms with Gasteiger partial charge in [-0.25, -0.2) is 8.42 Å². The molecular formula is C17H34N4O3S. The van der Waals surface area contributed by atoms with Crippen molar-refractivity contribution >= 4 is 21.7 Å². The first-order chi connectivity index (χ1) is 11.7. The van der Waals surface area contributed by atoms with Crippen molar-refractivity contribution in [2.24, 2.45) is 4.99 Å². The molecule has 2 N–H and O–H groups in total. The maximum Gasteiger partial charge on any atom is 0.222 e. The highest BCUT2D eigenvalue weighted by Gasteiger charge is 2.29. The summed E-state index contributed by atoms with van der Waals surface area (Å²) in [4.78, 5) is 18.3. The highest BCUT2D eigenvalue weighted by Crippen LogP contribution is 2.15. The molecule has 0 bridgehead atoms. The normalized spacial score (nSPS) is 17.4. The van der Waals surface area contributed by atoms with Crippen LogP contribution in [0.3, 0.4) is 0 Å². The Morgan fingerprint density at radius 1 is 1.24 bits per heavy atom. The van der Waals surface area contributed by atoms with E-state index in [9.17, 15) is 13.2 Å². The third-order valence-electron chi connectivity index (χ3n) is 4.53. The van der Waals surface area contributed by atoms with Crippen molar-refractivity contribution in [2.45, 2.75) is 57.6 Å². The lowest BCUT2D eigenvalue weighted by Crippen LogP contribution is -2.41. The highest BCUT2D eigenvalue weighted by molar-refractivity contribution is 7.92. The summed E-state index contributed by atoms with van der Waals surface area (Å²) < 4.78 is 22.6. The highest BCUT2D eigenvalue weighted by atomic mass is 32.2. The van der Waals surface area contributed by atoms with Crippen LogP contribution in [-0.2, 0) is 14.6 Å². The van der Waals surface area contributed by atoms with Gasteiger partial charge in [-0.15, -0.1) is 0 Å². The Bertz CT molecular complexity index is 558. The molecule has 0 saturated carbocycles. The van der Waals surface area contributed by atoms with E-state index in [1.807, 2.05) is 11.8 Å². The molecule has 7 nitrogen and oxygen atoms in total. The van der Waals surface area contributed by atoms with E-state index in [2.05, 4.69) is 15.6 Å². The summed E-state index contributed by atoms with van der Waals surface area (Å²) in [5.41, 5.74) is 0. The summed E-state index contributed by atoms with van der Waals surface area (Å²) in [7, 11) is -3.17. The smallest absolute Gasteiger partial charge is 0.222 e. The fraction of sp³-hybridized carbons (Fsp3) is 0.882. The molecule has 0 atom stereocenters. The molecule has 1 aliphatic rings. The van der Waals surface area contributed by atoms with Crippen LogP contribution in [0, 0.1) is 0 Å². The van der Waals surface area contributed by atoms with E-state index >= 15 is 0 Å². The number of likely N-dealkylation sites (tertiary alicyclic amines) is 1. The first-order valence-electron chi connectivity index (χ1n) is 9.17. The number of sulfone groups is 1. The van der Waals surface area contributed by atoms with Gasteiger partial charge < -0.3 is 15.5 Å². The van der Waals surface area contributed by atoms with Crippen molar-refractivity contribution in [3.05, 3.63) is 0 Å². The zero-order valence-corrected chi connectivity index (χ0v) is 16.9. The molecule has 1 heterocycles. The summed E-state index contributed by atoms with van der Waals surface area (Å²) in [6, 6.07) is 0. The van der Waals surface area contributed by atoms with Gasteiger partial charge in [0.05, 0.1) is 11.3 Å². The average Bonchev–Trinajstić information content (AvgIpc) is 2.72. The Balaban J connectivity index is 2.47. The maximum absolute atomic E-state index is 12.0. The summed E-state index contributed by atoms with van der Waals surface area (Å²) >= 11 is 0. The largest absolute Gasteiger partial charge is 0.357 e. The lowest BCUT2D eigenvalue weighted by molar-refractivity contribution is -0.130. The van der Waals surface area contributed by atoms with Crippen LogP contribution in [0.1, 0.15) is 52.9 Å². The Hall–Kier alpha value is -1.31. The van der Waals surface area contributed by atoms with Gasteiger partial charge in [0.2, 0.25) is 5.91 Å². The van der Waals surface area contributed by atoms with Crippen molar-refractivity contribution in [1.82, 2.24) is 15.5 Å². The minimum absolute atomic E-state index is 0.200. The molecule has 0 aromatic heterocycles. The first kappa shape index (κ1) is 21.7. The summed E-state index contributed by atoms with van der Waals surface area (Å²) in [6.07, 6.45) is 5.96. The predicted molar refractivity (Wildman–Crippen MR) is 103 cm³/mol. The molecule has 25 heavy (non-hydrogen) atoms. The molecule has 0 unspecified atom stereocenters. The minimum Gasteiger partial charge on any atom is -0.357 e. The third kappa shape index (κ3) is 7.63. The monoisotopic (exact) mass is 374 g/mol. The van der Waals surface area contributed by atoms with Gasteiger partial charge in [-0.3, -0.25) is 9.79 Å². The second kappa shape index (κ2) is 9.99. The maximum atomic E-state index is 12.0. The standard InChI is InChI=1S/C17H34N4O3S/c1-5-18-16(20-14-17(2,3)25(4,23)24)19-11-9-13-21-12-8-6-7-10-15(21)22/h5-14H2,1-4H3,(H2,18,19,20). The summed E-state index contributed by atoms with van der Waals surface area (Å²) in [6.45, 7) is 8.53. The molecule has 0 aromatic carbocycles. The van der Waals surface area contributed by atoms with Crippen molar-refractivity contribution in [1.29, 1.82) is 0 Å². The van der Waals surface area contributed by atoms with Gasteiger partial charge in [-0.1, -0.05) is 6.42 Å². The molecule has 1 rings (SSSR count). The van der Waals surface area contributed by atoms with Crippen LogP contribution in [0.4, 0.5) is 0 Å². The fourth-order valence-electron chi connectivity index (χ4n) is 2.48. The fourth-order valence-corrected chi connectivity index (χ4v) is 2.78. The van der Waals surface area contributed by atoms with Crippen LogP contribution >= 0.6 is 0 Å². The molecule has 1 fully saturated rings. The lowest BCUT2D eigenvalue weighted by atomic mass is 10.2. The van der Waals surface area contributed by atoms with Gasteiger partial charge in [0.25, 0.3) is 0 Å². The molecule has 0 aromatic rings. The van der Waals surface area contributed by atoms with Gasteiger partial charge in [0.1, 0.15) is 0 Å². The Labute approximate surface area is 152 Å². The molecule has 1 saturated heterocycles. The molecule has 1 amide bonds. The van der Waals surface area contributed by atoms with Gasteiger partial charge in [-0.05, 0) is 40.0 Å². The van der Waals surface area contributed by atoms with Gasteiger partial charge in [0, 0.05) is 38.9 Å². The number of hydrogen-bond acceptors (Lipinski definition) is 4. The second-order valence-electron chi connectivity index (χ2n) is 7.20. The zero-order chi connectivity index (χ0) is 18.9. The van der Waals surface area contributed by atoms with Crippen molar-refractivity contribution in [3.63, 3.8) is 0 Å². The van der Waals surface area contributed by atoms with E-state index in [1.165, 1.54) is 6.26 Å². The van der Waals surface area contributed by atoms with Crippen LogP contribution < -0.4 is 10.6 Å². The van der Waals surface area contributed by atoms with Crippen LogP contribution in [-0.4, -0.2) is 68.9 Å². The predicted octanol–water partition coefficient (Wildman–Crippen LogP) is 1.16. The molecule has 0 radical (unpaired) electrons. The number of carbonyl (C=O) groups is 1. The quantitative estimate of drug-likeness (QED) is 0.378. The van der Waals surface area contributed by atoms with E-state index in [1.54, 1.807) is 13.8 Å². The molecule has 146 valence electrons. The SMILES string of the molecule is CCNC(=NCC(C)(C)S(C)(=O)=O)NCCCN1CCCCCC1=O. The number of rotatable bonds is 8. The van der Waals surface area contributed by atoms with Crippen LogP contribution in [0.2, 0.25) is 0 Å². The van der Waals surface area contributed by atoms with Crippen LogP contribution in [0.5, 0.6) is 0 Å². The Morgan fingerprint density at radius 2 is 1.96 bits per heavy atom. The minimum atomic E-state index is -3.17. The average molecular weight is 375 g/mol. The molecule has 8 heteroatoms. The summed E-state index contributed by atoms with van der Waals surface area (Å²) in [5, 5.41) is 6.35. The van der Waals surface area contributed by atoms with Gasteiger partial charge in [0.15, 0.2) is 15.8 Å². The second-order valence-corrected chi connectivity index (χ2v) is 9.85. The van der Waals surface area contributed by atoms with Crippen LogP contribution in [0.25, 0.3) is 0 Å².